The van der Waals surface area contributed by atoms with Gasteiger partial charge in [0, 0.05) is 42.7 Å². The zero-order valence-corrected chi connectivity index (χ0v) is 20.0. The van der Waals surface area contributed by atoms with Gasteiger partial charge in [-0.2, -0.15) is 0 Å². The van der Waals surface area contributed by atoms with Crippen molar-refractivity contribution in [2.24, 2.45) is 0 Å². The molecule has 0 spiro atoms. The van der Waals surface area contributed by atoms with E-state index < -0.39 is 0 Å². The lowest BCUT2D eigenvalue weighted by molar-refractivity contribution is -0.133. The molecule has 34 heavy (non-hydrogen) atoms. The summed E-state index contributed by atoms with van der Waals surface area (Å²) in [6.07, 6.45) is 5.28. The highest BCUT2D eigenvalue weighted by atomic mass is 35.5. The molecule has 2 saturated carbocycles. The number of piperazine rings is 1. The van der Waals surface area contributed by atoms with Gasteiger partial charge in [-0.15, -0.1) is 0 Å². The standard InChI is InChI=1S/C25H29ClN6O2/c1-14-10-21(33)30-23-22(14)24(29-13-28-23)31-8-9-32(20-11-19(20)31)25(34)18(12-27-17-6-7-17)15-2-4-16(26)5-3-15/h2-5,13-14,17-20,27H,6-12H2,1H3,(H,28,29,30,33)/t14-,18-,19-,20+/m1/s1. The van der Waals surface area contributed by atoms with Gasteiger partial charge >= 0.3 is 0 Å². The molecule has 4 atom stereocenters. The van der Waals surface area contributed by atoms with Crippen LogP contribution in [0.1, 0.15) is 55.6 Å². The number of anilines is 2. The maximum atomic E-state index is 13.8. The summed E-state index contributed by atoms with van der Waals surface area (Å²) in [4.78, 5) is 39.1. The number of hydrogen-bond donors (Lipinski definition) is 2. The van der Waals surface area contributed by atoms with Crippen molar-refractivity contribution in [3.05, 3.63) is 46.7 Å². The van der Waals surface area contributed by atoms with E-state index in [2.05, 4.69) is 37.3 Å². The molecule has 9 heteroatoms. The van der Waals surface area contributed by atoms with Crippen LogP contribution in [0.15, 0.2) is 30.6 Å². The maximum absolute atomic E-state index is 13.8. The number of carbonyl (C=O) groups excluding carboxylic acids is 2. The van der Waals surface area contributed by atoms with Crippen LogP contribution < -0.4 is 15.5 Å². The quantitative estimate of drug-likeness (QED) is 0.660. The molecule has 0 unspecified atom stereocenters. The SMILES string of the molecule is C[C@@H]1CC(=O)Nc2ncnc(N3CCN(C(=O)[C@H](CNC4CC4)c4ccc(Cl)cc4)[C@H]4C[C@H]43)c21. The van der Waals surface area contributed by atoms with E-state index in [0.717, 1.165) is 29.9 Å². The Morgan fingerprint density at radius 1 is 1.21 bits per heavy atom. The zero-order valence-electron chi connectivity index (χ0n) is 19.2. The largest absolute Gasteiger partial charge is 0.349 e. The molecule has 4 aliphatic rings. The molecule has 6 rings (SSSR count). The summed E-state index contributed by atoms with van der Waals surface area (Å²) in [5, 5.41) is 7.13. The van der Waals surface area contributed by atoms with Crippen molar-refractivity contribution in [2.75, 3.05) is 29.9 Å². The first-order valence-corrected chi connectivity index (χ1v) is 12.6. The van der Waals surface area contributed by atoms with E-state index in [9.17, 15) is 9.59 Å². The molecular formula is C25H29ClN6O2. The zero-order chi connectivity index (χ0) is 23.4. The fraction of sp³-hybridized carbons (Fsp3) is 0.520. The number of nitrogens with zero attached hydrogens (tertiary/aromatic N) is 4. The Balaban J connectivity index is 1.21. The Morgan fingerprint density at radius 3 is 2.76 bits per heavy atom. The summed E-state index contributed by atoms with van der Waals surface area (Å²) in [6.45, 7) is 4.09. The highest BCUT2D eigenvalue weighted by Crippen LogP contribution is 2.44. The molecule has 1 aromatic heterocycles. The van der Waals surface area contributed by atoms with Crippen LogP contribution in [0.2, 0.25) is 5.02 Å². The van der Waals surface area contributed by atoms with Gasteiger partial charge in [0.05, 0.1) is 18.0 Å². The Kier molecular flexibility index (Phi) is 5.45. The summed E-state index contributed by atoms with van der Waals surface area (Å²) in [5.74, 6) is 1.57. The van der Waals surface area contributed by atoms with Crippen LogP contribution in [-0.4, -0.2) is 64.4 Å². The number of hydrogen-bond acceptors (Lipinski definition) is 6. The summed E-state index contributed by atoms with van der Waals surface area (Å²) >= 11 is 6.10. The summed E-state index contributed by atoms with van der Waals surface area (Å²) < 4.78 is 0. The molecule has 2 amide bonds. The topological polar surface area (TPSA) is 90.5 Å². The van der Waals surface area contributed by atoms with E-state index in [4.69, 9.17) is 11.6 Å². The molecule has 3 heterocycles. The smallest absolute Gasteiger partial charge is 0.231 e. The number of halogens is 1. The number of fused-ring (bicyclic) bond motifs is 2. The Bertz CT molecular complexity index is 1120. The van der Waals surface area contributed by atoms with E-state index in [1.807, 2.05) is 24.3 Å². The van der Waals surface area contributed by atoms with Crippen molar-refractivity contribution in [3.8, 4) is 0 Å². The van der Waals surface area contributed by atoms with Crippen molar-refractivity contribution in [3.63, 3.8) is 0 Å². The summed E-state index contributed by atoms with van der Waals surface area (Å²) in [7, 11) is 0. The van der Waals surface area contributed by atoms with Crippen LogP contribution in [0.3, 0.4) is 0 Å². The first-order chi connectivity index (χ1) is 16.5. The number of aromatic nitrogens is 2. The van der Waals surface area contributed by atoms with Gasteiger partial charge in [0.1, 0.15) is 18.0 Å². The molecule has 0 bridgehead atoms. The maximum Gasteiger partial charge on any atom is 0.231 e. The van der Waals surface area contributed by atoms with E-state index in [0.29, 0.717) is 36.4 Å². The monoisotopic (exact) mass is 480 g/mol. The second-order valence-corrected chi connectivity index (χ2v) is 10.4. The first kappa shape index (κ1) is 21.8. The molecule has 2 N–H and O–H groups in total. The van der Waals surface area contributed by atoms with Gasteiger partial charge in [0.15, 0.2) is 0 Å². The minimum absolute atomic E-state index is 0.00240. The fourth-order valence-corrected chi connectivity index (χ4v) is 5.60. The number of carbonyl (C=O) groups is 2. The molecule has 0 radical (unpaired) electrons. The third-order valence-electron chi connectivity index (χ3n) is 7.53. The van der Waals surface area contributed by atoms with Gasteiger partial charge in [0.25, 0.3) is 0 Å². The highest BCUT2D eigenvalue weighted by Gasteiger charge is 2.52. The number of amides is 2. The highest BCUT2D eigenvalue weighted by molar-refractivity contribution is 6.30. The first-order valence-electron chi connectivity index (χ1n) is 12.2. The molecule has 1 saturated heterocycles. The predicted molar refractivity (Wildman–Crippen MR) is 130 cm³/mol. The van der Waals surface area contributed by atoms with Crippen molar-refractivity contribution in [2.45, 2.75) is 62.6 Å². The van der Waals surface area contributed by atoms with Gasteiger partial charge < -0.3 is 20.4 Å². The molecular weight excluding hydrogens is 452 g/mol. The minimum atomic E-state index is -0.215. The second-order valence-electron chi connectivity index (χ2n) is 9.99. The van der Waals surface area contributed by atoms with Gasteiger partial charge in [-0.05, 0) is 42.9 Å². The normalized spacial score (nSPS) is 26.4. The van der Waals surface area contributed by atoms with E-state index in [1.165, 1.54) is 19.2 Å². The Labute approximate surface area is 204 Å². The van der Waals surface area contributed by atoms with Gasteiger partial charge in [-0.3, -0.25) is 9.59 Å². The molecule has 178 valence electrons. The van der Waals surface area contributed by atoms with Crippen LogP contribution in [-0.2, 0) is 9.59 Å². The van der Waals surface area contributed by atoms with Crippen LogP contribution in [0.4, 0.5) is 11.6 Å². The number of nitrogens with one attached hydrogen (secondary N) is 2. The molecule has 8 nitrogen and oxygen atoms in total. The van der Waals surface area contributed by atoms with Crippen LogP contribution in [0.5, 0.6) is 0 Å². The predicted octanol–water partition coefficient (Wildman–Crippen LogP) is 2.90. The van der Waals surface area contributed by atoms with Crippen LogP contribution >= 0.6 is 11.6 Å². The number of benzene rings is 1. The number of rotatable bonds is 6. The fourth-order valence-electron chi connectivity index (χ4n) is 5.47. The average molecular weight is 481 g/mol. The van der Waals surface area contributed by atoms with E-state index in [1.54, 1.807) is 0 Å². The minimum Gasteiger partial charge on any atom is -0.349 e. The lowest BCUT2D eigenvalue weighted by Gasteiger charge is -2.38. The van der Waals surface area contributed by atoms with Crippen LogP contribution in [0.25, 0.3) is 0 Å². The van der Waals surface area contributed by atoms with Crippen molar-refractivity contribution >= 4 is 35.1 Å². The molecule has 1 aromatic carbocycles. The Morgan fingerprint density at radius 2 is 2.00 bits per heavy atom. The summed E-state index contributed by atoms with van der Waals surface area (Å²) in [6, 6.07) is 8.67. The lowest BCUT2D eigenvalue weighted by atomic mass is 9.94. The molecule has 3 fully saturated rings. The lowest BCUT2D eigenvalue weighted by Crippen LogP contribution is -2.51. The van der Waals surface area contributed by atoms with Crippen molar-refractivity contribution < 1.29 is 9.59 Å². The van der Waals surface area contributed by atoms with Crippen molar-refractivity contribution in [1.29, 1.82) is 0 Å². The van der Waals surface area contributed by atoms with Gasteiger partial charge in [-0.1, -0.05) is 30.7 Å². The molecule has 2 aliphatic heterocycles. The molecule has 2 aromatic rings. The van der Waals surface area contributed by atoms with E-state index >= 15 is 0 Å². The summed E-state index contributed by atoms with van der Waals surface area (Å²) in [5.41, 5.74) is 2.02. The third-order valence-corrected chi connectivity index (χ3v) is 7.78. The second kappa shape index (κ2) is 8.50. The van der Waals surface area contributed by atoms with Gasteiger partial charge in [-0.25, -0.2) is 9.97 Å². The van der Waals surface area contributed by atoms with Crippen molar-refractivity contribution in [1.82, 2.24) is 20.2 Å². The Hall–Kier alpha value is -2.71. The van der Waals surface area contributed by atoms with E-state index in [-0.39, 0.29) is 35.7 Å². The molecule has 2 aliphatic carbocycles. The average Bonchev–Trinajstić information content (AvgIpc) is 3.73. The third kappa shape index (κ3) is 4.03. The van der Waals surface area contributed by atoms with Crippen LogP contribution in [0, 0.1) is 0 Å². The van der Waals surface area contributed by atoms with Gasteiger partial charge in [0.2, 0.25) is 11.8 Å².